The molecule has 18 heavy (non-hydrogen) atoms. The van der Waals surface area contributed by atoms with Crippen molar-refractivity contribution in [2.75, 3.05) is 5.32 Å². The fourth-order valence-electron chi connectivity index (χ4n) is 1.51. The first-order valence-electron chi connectivity index (χ1n) is 5.40. The van der Waals surface area contributed by atoms with E-state index in [4.69, 9.17) is 11.6 Å². The topological polar surface area (TPSA) is 57.8 Å². The molecule has 2 rings (SSSR count). The SMILES string of the molecule is CCc1cn[nH]c1NC(=O)c1ccc(Cl)c(F)c1. The number of benzene rings is 1. The first-order valence-corrected chi connectivity index (χ1v) is 5.78. The van der Waals surface area contributed by atoms with Crippen molar-refractivity contribution in [1.82, 2.24) is 10.2 Å². The first kappa shape index (κ1) is 12.6. The highest BCUT2D eigenvalue weighted by Crippen LogP contribution is 2.17. The van der Waals surface area contributed by atoms with Gasteiger partial charge in [0, 0.05) is 11.1 Å². The monoisotopic (exact) mass is 267 g/mol. The maximum atomic E-state index is 13.2. The van der Waals surface area contributed by atoms with Crippen molar-refractivity contribution >= 4 is 23.3 Å². The molecule has 1 aromatic heterocycles. The van der Waals surface area contributed by atoms with Crippen LogP contribution in [0, 0.1) is 5.82 Å². The third kappa shape index (κ3) is 2.51. The Bertz CT molecular complexity index is 582. The third-order valence-electron chi connectivity index (χ3n) is 2.52. The van der Waals surface area contributed by atoms with E-state index in [1.54, 1.807) is 6.20 Å². The second kappa shape index (κ2) is 5.18. The summed E-state index contributed by atoms with van der Waals surface area (Å²) in [5, 5.41) is 9.14. The van der Waals surface area contributed by atoms with Crippen LogP contribution in [0.15, 0.2) is 24.4 Å². The molecule has 0 fully saturated rings. The number of rotatable bonds is 3. The highest BCUT2D eigenvalue weighted by molar-refractivity contribution is 6.30. The van der Waals surface area contributed by atoms with Crippen LogP contribution >= 0.6 is 11.6 Å². The van der Waals surface area contributed by atoms with E-state index < -0.39 is 11.7 Å². The van der Waals surface area contributed by atoms with Crippen molar-refractivity contribution in [3.05, 3.63) is 46.4 Å². The average molecular weight is 268 g/mol. The lowest BCUT2D eigenvalue weighted by Gasteiger charge is -2.05. The Morgan fingerprint density at radius 1 is 1.56 bits per heavy atom. The average Bonchev–Trinajstić information content (AvgIpc) is 2.79. The Kier molecular flexibility index (Phi) is 3.62. The highest BCUT2D eigenvalue weighted by Gasteiger charge is 2.11. The maximum absolute atomic E-state index is 13.2. The van der Waals surface area contributed by atoms with Crippen LogP contribution in [-0.2, 0) is 6.42 Å². The zero-order valence-corrected chi connectivity index (χ0v) is 10.4. The van der Waals surface area contributed by atoms with Crippen LogP contribution in [0.5, 0.6) is 0 Å². The largest absolute Gasteiger partial charge is 0.307 e. The summed E-state index contributed by atoms with van der Waals surface area (Å²) in [7, 11) is 0. The van der Waals surface area contributed by atoms with Gasteiger partial charge in [-0.15, -0.1) is 0 Å². The van der Waals surface area contributed by atoms with Gasteiger partial charge in [0.15, 0.2) is 0 Å². The van der Waals surface area contributed by atoms with Gasteiger partial charge in [0.1, 0.15) is 11.6 Å². The van der Waals surface area contributed by atoms with Crippen molar-refractivity contribution < 1.29 is 9.18 Å². The number of H-pyrrole nitrogens is 1. The molecule has 4 nitrogen and oxygen atoms in total. The molecule has 0 aliphatic rings. The summed E-state index contributed by atoms with van der Waals surface area (Å²) in [6, 6.07) is 3.90. The molecule has 0 atom stereocenters. The van der Waals surface area contributed by atoms with E-state index in [1.807, 2.05) is 6.92 Å². The molecule has 0 aliphatic carbocycles. The Morgan fingerprint density at radius 2 is 2.33 bits per heavy atom. The predicted molar refractivity (Wildman–Crippen MR) is 67.3 cm³/mol. The number of nitrogens with zero attached hydrogens (tertiary/aromatic N) is 1. The number of hydrogen-bond donors (Lipinski definition) is 2. The molecule has 1 aromatic carbocycles. The lowest BCUT2D eigenvalue weighted by molar-refractivity contribution is 0.102. The minimum Gasteiger partial charge on any atom is -0.307 e. The molecule has 0 bridgehead atoms. The fraction of sp³-hybridized carbons (Fsp3) is 0.167. The van der Waals surface area contributed by atoms with E-state index in [-0.39, 0.29) is 10.6 Å². The second-order valence-electron chi connectivity index (χ2n) is 3.71. The summed E-state index contributed by atoms with van der Waals surface area (Å²) in [6.07, 6.45) is 2.37. The minimum absolute atomic E-state index is 0.0117. The molecular weight excluding hydrogens is 257 g/mol. The second-order valence-corrected chi connectivity index (χ2v) is 4.11. The number of nitrogens with one attached hydrogen (secondary N) is 2. The molecule has 6 heteroatoms. The zero-order valence-electron chi connectivity index (χ0n) is 9.63. The van der Waals surface area contributed by atoms with Gasteiger partial charge in [-0.2, -0.15) is 5.10 Å². The van der Waals surface area contributed by atoms with Gasteiger partial charge in [-0.3, -0.25) is 9.89 Å². The van der Waals surface area contributed by atoms with Crippen LogP contribution in [0.2, 0.25) is 5.02 Å². The fourth-order valence-corrected chi connectivity index (χ4v) is 1.63. The summed E-state index contributed by atoms with van der Waals surface area (Å²) in [6.45, 7) is 1.95. The van der Waals surface area contributed by atoms with Crippen LogP contribution in [0.3, 0.4) is 0 Å². The van der Waals surface area contributed by atoms with Crippen LogP contribution in [0.1, 0.15) is 22.8 Å². The molecule has 94 valence electrons. The van der Waals surface area contributed by atoms with E-state index in [1.165, 1.54) is 12.1 Å². The van der Waals surface area contributed by atoms with E-state index in [2.05, 4.69) is 15.5 Å². The van der Waals surface area contributed by atoms with Crippen molar-refractivity contribution in [3.63, 3.8) is 0 Å². The number of anilines is 1. The van der Waals surface area contributed by atoms with Gasteiger partial charge in [0.05, 0.1) is 11.2 Å². The Labute approximate surface area is 108 Å². The number of aromatic nitrogens is 2. The van der Waals surface area contributed by atoms with Gasteiger partial charge >= 0.3 is 0 Å². The number of halogens is 2. The molecule has 0 saturated carbocycles. The molecule has 0 aliphatic heterocycles. The number of aryl methyl sites for hydroxylation is 1. The summed E-state index contributed by atoms with van der Waals surface area (Å²) < 4.78 is 13.2. The summed E-state index contributed by atoms with van der Waals surface area (Å²) in [4.78, 5) is 11.9. The molecule has 0 unspecified atom stereocenters. The van der Waals surface area contributed by atoms with Crippen LogP contribution in [-0.4, -0.2) is 16.1 Å². The number of carbonyl (C=O) groups excluding carboxylic acids is 1. The van der Waals surface area contributed by atoms with Crippen molar-refractivity contribution in [2.24, 2.45) is 0 Å². The molecule has 0 spiro atoms. The standard InChI is InChI=1S/C12H11ClFN3O/c1-2-7-6-15-17-11(7)16-12(18)8-3-4-9(13)10(14)5-8/h3-6H,2H2,1H3,(H2,15,16,17,18). The lowest BCUT2D eigenvalue weighted by atomic mass is 10.2. The van der Waals surface area contributed by atoms with Crippen LogP contribution < -0.4 is 5.32 Å². The van der Waals surface area contributed by atoms with Crippen molar-refractivity contribution in [1.29, 1.82) is 0 Å². The minimum atomic E-state index is -0.621. The summed E-state index contributed by atoms with van der Waals surface area (Å²) in [5.74, 6) is -0.507. The molecular formula is C12H11ClFN3O. The normalized spacial score (nSPS) is 10.4. The number of hydrogen-bond acceptors (Lipinski definition) is 2. The predicted octanol–water partition coefficient (Wildman–Crippen LogP) is 3.02. The van der Waals surface area contributed by atoms with Gasteiger partial charge in [0.25, 0.3) is 5.91 Å². The number of amides is 1. The van der Waals surface area contributed by atoms with Gasteiger partial charge < -0.3 is 5.32 Å². The van der Waals surface area contributed by atoms with E-state index in [0.717, 1.165) is 18.1 Å². The molecule has 2 aromatic rings. The summed E-state index contributed by atoms with van der Waals surface area (Å²) >= 11 is 5.55. The quantitative estimate of drug-likeness (QED) is 0.898. The number of carbonyl (C=O) groups is 1. The van der Waals surface area contributed by atoms with Gasteiger partial charge in [-0.1, -0.05) is 18.5 Å². The molecule has 1 amide bonds. The Hall–Kier alpha value is -1.88. The highest BCUT2D eigenvalue weighted by atomic mass is 35.5. The summed E-state index contributed by atoms with van der Waals surface area (Å²) in [5.41, 5.74) is 1.09. The smallest absolute Gasteiger partial charge is 0.256 e. The van der Waals surface area contributed by atoms with E-state index in [9.17, 15) is 9.18 Å². The van der Waals surface area contributed by atoms with Gasteiger partial charge in [-0.05, 0) is 24.6 Å². The van der Waals surface area contributed by atoms with Crippen molar-refractivity contribution in [3.8, 4) is 0 Å². The molecule has 0 radical (unpaired) electrons. The third-order valence-corrected chi connectivity index (χ3v) is 2.83. The van der Waals surface area contributed by atoms with Crippen molar-refractivity contribution in [2.45, 2.75) is 13.3 Å². The molecule has 1 heterocycles. The number of aromatic amines is 1. The van der Waals surface area contributed by atoms with E-state index >= 15 is 0 Å². The molecule has 2 N–H and O–H groups in total. The molecule has 0 saturated heterocycles. The zero-order chi connectivity index (χ0) is 13.1. The van der Waals surface area contributed by atoms with Gasteiger partial charge in [-0.25, -0.2) is 4.39 Å². The van der Waals surface area contributed by atoms with Crippen LogP contribution in [0.25, 0.3) is 0 Å². The Balaban J connectivity index is 2.19. The van der Waals surface area contributed by atoms with Gasteiger partial charge in [0.2, 0.25) is 0 Å². The van der Waals surface area contributed by atoms with E-state index in [0.29, 0.717) is 5.82 Å². The lowest BCUT2D eigenvalue weighted by Crippen LogP contribution is -2.13. The first-order chi connectivity index (χ1) is 8.61. The Morgan fingerprint density at radius 3 is 3.00 bits per heavy atom. The maximum Gasteiger partial charge on any atom is 0.256 e. The van der Waals surface area contributed by atoms with Crippen LogP contribution in [0.4, 0.5) is 10.2 Å².